The molecule has 2 nitrogen and oxygen atoms in total. The minimum atomic E-state index is 0.305. The van der Waals surface area contributed by atoms with Crippen LogP contribution in [0.2, 0.25) is 0 Å². The quantitative estimate of drug-likeness (QED) is 0.188. The van der Waals surface area contributed by atoms with Gasteiger partial charge in [0.05, 0.1) is 11.0 Å². The smallest absolute Gasteiger partial charge is 0.138 e. The lowest BCUT2D eigenvalue weighted by molar-refractivity contribution is 0.644. The van der Waals surface area contributed by atoms with E-state index in [1.54, 1.807) is 5.57 Å². The predicted molar refractivity (Wildman–Crippen MR) is 201 cm³/mol. The van der Waals surface area contributed by atoms with Crippen LogP contribution in [0.1, 0.15) is 42.4 Å². The normalized spacial score (nSPS) is 17.2. The zero-order valence-electron chi connectivity index (χ0n) is 27.0. The molecule has 0 spiro atoms. The van der Waals surface area contributed by atoms with Crippen molar-refractivity contribution >= 4 is 49.3 Å². The highest BCUT2D eigenvalue weighted by Gasteiger charge is 2.35. The summed E-state index contributed by atoms with van der Waals surface area (Å²) in [6.07, 6.45) is 8.01. The topological polar surface area (TPSA) is 18.1 Å². The first-order chi connectivity index (χ1) is 23.8. The molecule has 48 heavy (non-hydrogen) atoms. The number of benzene rings is 6. The Bertz CT molecular complexity index is 2610. The second-order valence-electron chi connectivity index (χ2n) is 13.5. The molecule has 230 valence electrons. The van der Waals surface area contributed by atoms with Gasteiger partial charge in [-0.3, -0.25) is 0 Å². The summed E-state index contributed by atoms with van der Waals surface area (Å²) in [5.74, 6) is 0.845. The molecule has 0 bridgehead atoms. The van der Waals surface area contributed by atoms with E-state index >= 15 is 0 Å². The largest absolute Gasteiger partial charge is 0.456 e. The third-order valence-electron chi connectivity index (χ3n) is 11.0. The molecule has 2 aromatic heterocycles. The van der Waals surface area contributed by atoms with Crippen LogP contribution in [-0.2, 0) is 6.42 Å². The number of allylic oxidation sites excluding steroid dienone is 4. The highest BCUT2D eigenvalue weighted by atomic mass is 16.3. The minimum Gasteiger partial charge on any atom is -0.456 e. The molecule has 6 aromatic carbocycles. The standard InChI is InChI=1S/C46H35NO/c1-2-29-12-10-18-37-39(28-32-13-11-19-38-36-17-7-9-21-44(36)48-46(32)38)34-24-22-30(27-41(34)45(29)37)31-23-25-43-40(26-31)35-16-6-8-20-42(35)47(43)33-14-4-3-5-15-33/h3-11,13-27,29,39H,2,12,28H2,1H3. The fraction of sp³-hybridized carbons (Fsp3) is 0.130. The molecule has 0 amide bonds. The van der Waals surface area contributed by atoms with Crippen molar-refractivity contribution in [3.05, 3.63) is 168 Å². The van der Waals surface area contributed by atoms with Crippen molar-refractivity contribution in [1.82, 2.24) is 4.57 Å². The van der Waals surface area contributed by atoms with Gasteiger partial charge in [-0.1, -0.05) is 110 Å². The molecule has 2 heteroatoms. The average Bonchev–Trinajstić information content (AvgIpc) is 3.80. The van der Waals surface area contributed by atoms with Crippen LogP contribution in [-0.4, -0.2) is 4.57 Å². The Kier molecular flexibility index (Phi) is 6.14. The average molecular weight is 618 g/mol. The van der Waals surface area contributed by atoms with E-state index < -0.39 is 0 Å². The molecule has 2 atom stereocenters. The lowest BCUT2D eigenvalue weighted by Gasteiger charge is -2.22. The highest BCUT2D eigenvalue weighted by Crippen LogP contribution is 2.52. The summed E-state index contributed by atoms with van der Waals surface area (Å²) in [5.41, 5.74) is 15.4. The molecule has 8 aromatic rings. The zero-order chi connectivity index (χ0) is 31.8. The van der Waals surface area contributed by atoms with Gasteiger partial charge >= 0.3 is 0 Å². The molecular weight excluding hydrogens is 583 g/mol. The first-order valence-corrected chi connectivity index (χ1v) is 17.3. The summed E-state index contributed by atoms with van der Waals surface area (Å²) < 4.78 is 8.89. The molecule has 0 fully saturated rings. The summed E-state index contributed by atoms with van der Waals surface area (Å²) in [5, 5.41) is 4.97. The van der Waals surface area contributed by atoms with Crippen LogP contribution in [0.15, 0.2) is 156 Å². The predicted octanol–water partition coefficient (Wildman–Crippen LogP) is 12.4. The van der Waals surface area contributed by atoms with E-state index in [1.165, 1.54) is 71.7 Å². The molecule has 0 radical (unpaired) electrons. The van der Waals surface area contributed by atoms with E-state index in [-0.39, 0.29) is 0 Å². The zero-order valence-corrected chi connectivity index (χ0v) is 27.0. The number of rotatable bonds is 5. The van der Waals surface area contributed by atoms with Gasteiger partial charge in [0, 0.05) is 33.2 Å². The van der Waals surface area contributed by atoms with Crippen molar-refractivity contribution in [3.63, 3.8) is 0 Å². The van der Waals surface area contributed by atoms with Gasteiger partial charge in [-0.25, -0.2) is 0 Å². The van der Waals surface area contributed by atoms with Crippen LogP contribution < -0.4 is 0 Å². The first-order valence-electron chi connectivity index (χ1n) is 17.3. The van der Waals surface area contributed by atoms with Crippen molar-refractivity contribution in [1.29, 1.82) is 0 Å². The Labute approximate surface area is 280 Å². The molecule has 2 unspecified atom stereocenters. The molecular formula is C46H35NO. The molecule has 2 aliphatic carbocycles. The molecule has 0 saturated heterocycles. The van der Waals surface area contributed by atoms with Crippen molar-refractivity contribution in [3.8, 4) is 16.8 Å². The number of hydrogen-bond donors (Lipinski definition) is 0. The molecule has 0 aliphatic heterocycles. The monoisotopic (exact) mass is 617 g/mol. The van der Waals surface area contributed by atoms with Gasteiger partial charge in [0.25, 0.3) is 0 Å². The van der Waals surface area contributed by atoms with Crippen molar-refractivity contribution in [2.45, 2.75) is 32.1 Å². The van der Waals surface area contributed by atoms with Crippen LogP contribution in [0, 0.1) is 5.92 Å². The van der Waals surface area contributed by atoms with E-state index in [4.69, 9.17) is 4.42 Å². The Morgan fingerprint density at radius 3 is 2.31 bits per heavy atom. The molecule has 10 rings (SSSR count). The van der Waals surface area contributed by atoms with Crippen molar-refractivity contribution in [2.24, 2.45) is 5.92 Å². The van der Waals surface area contributed by atoms with E-state index in [0.717, 1.165) is 30.4 Å². The number of nitrogens with zero attached hydrogens (tertiary/aromatic N) is 1. The maximum absolute atomic E-state index is 6.50. The van der Waals surface area contributed by atoms with Crippen LogP contribution >= 0.6 is 0 Å². The van der Waals surface area contributed by atoms with Crippen molar-refractivity contribution in [2.75, 3.05) is 0 Å². The van der Waals surface area contributed by atoms with E-state index in [9.17, 15) is 0 Å². The maximum Gasteiger partial charge on any atom is 0.138 e. The number of aromatic nitrogens is 1. The highest BCUT2D eigenvalue weighted by molar-refractivity contribution is 6.10. The fourth-order valence-electron chi connectivity index (χ4n) is 8.71. The van der Waals surface area contributed by atoms with Gasteiger partial charge in [-0.15, -0.1) is 0 Å². The Hall–Kier alpha value is -5.60. The lowest BCUT2D eigenvalue weighted by atomic mass is 9.82. The van der Waals surface area contributed by atoms with Crippen LogP contribution in [0.4, 0.5) is 0 Å². The SMILES string of the molecule is CCC1CC=CC2=C1c1cc(-c3ccc4c(c3)c3ccccc3n4-c3ccccc3)ccc1C2Cc1cccc2c1oc1ccccc12. The summed E-state index contributed by atoms with van der Waals surface area (Å²) in [7, 11) is 0. The van der Waals surface area contributed by atoms with Gasteiger partial charge in [-0.2, -0.15) is 0 Å². The summed E-state index contributed by atoms with van der Waals surface area (Å²) >= 11 is 0. The van der Waals surface area contributed by atoms with Gasteiger partial charge in [0.1, 0.15) is 11.2 Å². The second-order valence-corrected chi connectivity index (χ2v) is 13.5. The number of fused-ring (bicyclic) bond motifs is 8. The summed E-state index contributed by atoms with van der Waals surface area (Å²) in [4.78, 5) is 0. The van der Waals surface area contributed by atoms with Gasteiger partial charge in [0.2, 0.25) is 0 Å². The van der Waals surface area contributed by atoms with E-state index in [1.807, 2.05) is 0 Å². The number of hydrogen-bond acceptors (Lipinski definition) is 1. The van der Waals surface area contributed by atoms with Crippen molar-refractivity contribution < 1.29 is 4.42 Å². The van der Waals surface area contributed by atoms with Gasteiger partial charge < -0.3 is 8.98 Å². The van der Waals surface area contributed by atoms with Crippen LogP contribution in [0.5, 0.6) is 0 Å². The Balaban J connectivity index is 1.11. The Morgan fingerprint density at radius 1 is 0.667 bits per heavy atom. The molecule has 2 aliphatic rings. The summed E-state index contributed by atoms with van der Waals surface area (Å²) in [6, 6.07) is 48.9. The fourth-order valence-corrected chi connectivity index (χ4v) is 8.71. The summed E-state index contributed by atoms with van der Waals surface area (Å²) in [6.45, 7) is 2.34. The molecule has 2 heterocycles. The Morgan fingerprint density at radius 2 is 1.42 bits per heavy atom. The number of para-hydroxylation sites is 4. The molecule has 0 saturated carbocycles. The van der Waals surface area contributed by atoms with Crippen LogP contribution in [0.3, 0.4) is 0 Å². The third kappa shape index (κ3) is 4.05. The molecule has 0 N–H and O–H groups in total. The lowest BCUT2D eigenvalue weighted by Crippen LogP contribution is -2.07. The van der Waals surface area contributed by atoms with Gasteiger partial charge in [-0.05, 0) is 107 Å². The second kappa shape index (κ2) is 10.7. The van der Waals surface area contributed by atoms with Gasteiger partial charge in [0.15, 0.2) is 0 Å². The van der Waals surface area contributed by atoms with Crippen LogP contribution in [0.25, 0.3) is 66.1 Å². The van der Waals surface area contributed by atoms with E-state index in [2.05, 4.69) is 157 Å². The number of furan rings is 1. The third-order valence-corrected chi connectivity index (χ3v) is 11.0. The van der Waals surface area contributed by atoms with E-state index in [0.29, 0.717) is 11.8 Å². The maximum atomic E-state index is 6.50. The first kappa shape index (κ1) is 27.5. The minimum absolute atomic E-state index is 0.305.